The highest BCUT2D eigenvalue weighted by Gasteiger charge is 2.47. The fourth-order valence-corrected chi connectivity index (χ4v) is 6.03. The van der Waals surface area contributed by atoms with E-state index in [4.69, 9.17) is 23.7 Å². The molecule has 8 unspecified atom stereocenters. The predicted octanol–water partition coefficient (Wildman–Crippen LogP) is 1.90. The van der Waals surface area contributed by atoms with Gasteiger partial charge in [0.1, 0.15) is 47.4 Å². The minimum Gasteiger partial charge on any atom is -0.507 e. The predicted molar refractivity (Wildman–Crippen MR) is 151 cm³/mol. The van der Waals surface area contributed by atoms with E-state index in [2.05, 4.69) is 0 Å². The number of fused-ring (bicyclic) bond motifs is 4. The number of carbonyl (C=O) groups is 1. The highest BCUT2D eigenvalue weighted by Crippen LogP contribution is 2.57. The minimum atomic E-state index is -1.65. The summed E-state index contributed by atoms with van der Waals surface area (Å²) in [5.41, 5.74) is 1.18. The summed E-state index contributed by atoms with van der Waals surface area (Å²) in [6.45, 7) is 1.49. The number of aliphatic hydroxyl groups excluding tert-OH is 3. The number of methoxy groups -OCH3 is 1. The van der Waals surface area contributed by atoms with Crippen LogP contribution in [0.15, 0.2) is 36.4 Å². The molecule has 45 heavy (non-hydrogen) atoms. The van der Waals surface area contributed by atoms with Crippen molar-refractivity contribution in [3.05, 3.63) is 58.7 Å². The zero-order valence-electron chi connectivity index (χ0n) is 24.0. The summed E-state index contributed by atoms with van der Waals surface area (Å²) in [6.07, 6.45) is -9.42. The lowest BCUT2D eigenvalue weighted by atomic mass is 9.81. The third-order valence-corrected chi connectivity index (χ3v) is 8.44. The molecule has 1 saturated heterocycles. The molecule has 3 aliphatic heterocycles. The first kappa shape index (κ1) is 30.6. The molecular formula is C31H32O14. The van der Waals surface area contributed by atoms with Crippen LogP contribution in [0, 0.1) is 0 Å². The molecule has 0 bridgehead atoms. The Kier molecular flexibility index (Phi) is 7.79. The number of aromatic hydroxyl groups is 5. The van der Waals surface area contributed by atoms with E-state index in [0.29, 0.717) is 16.7 Å². The van der Waals surface area contributed by atoms with Gasteiger partial charge in [0.25, 0.3) is 0 Å². The number of benzene rings is 3. The molecule has 14 nitrogen and oxygen atoms in total. The molecule has 1 fully saturated rings. The molecule has 3 aliphatic rings. The van der Waals surface area contributed by atoms with E-state index in [9.17, 15) is 45.6 Å². The van der Waals surface area contributed by atoms with Crippen LogP contribution in [-0.2, 0) is 25.4 Å². The van der Waals surface area contributed by atoms with Gasteiger partial charge in [-0.1, -0.05) is 6.07 Å². The second kappa shape index (κ2) is 11.5. The quantitative estimate of drug-likeness (QED) is 0.149. The third-order valence-electron chi connectivity index (χ3n) is 8.44. The van der Waals surface area contributed by atoms with Gasteiger partial charge < -0.3 is 64.5 Å². The maximum atomic E-state index is 12.6. The van der Waals surface area contributed by atoms with Crippen LogP contribution in [0.3, 0.4) is 0 Å². The van der Waals surface area contributed by atoms with E-state index < -0.39 is 77.8 Å². The molecule has 3 aromatic rings. The molecule has 8 atom stereocenters. The monoisotopic (exact) mass is 628 g/mol. The van der Waals surface area contributed by atoms with Gasteiger partial charge in [-0.3, -0.25) is 4.79 Å². The van der Waals surface area contributed by atoms with Crippen LogP contribution in [0.4, 0.5) is 0 Å². The summed E-state index contributed by atoms with van der Waals surface area (Å²) < 4.78 is 29.2. The number of phenols is 5. The van der Waals surface area contributed by atoms with Gasteiger partial charge in [0, 0.05) is 41.2 Å². The zero-order chi connectivity index (χ0) is 32.3. The largest absolute Gasteiger partial charge is 0.507 e. The van der Waals surface area contributed by atoms with E-state index in [-0.39, 0.29) is 41.4 Å². The Morgan fingerprint density at radius 2 is 1.56 bits per heavy atom. The van der Waals surface area contributed by atoms with Gasteiger partial charge >= 0.3 is 5.97 Å². The van der Waals surface area contributed by atoms with Gasteiger partial charge in [0.15, 0.2) is 35.4 Å². The Hall–Kier alpha value is -4.47. The summed E-state index contributed by atoms with van der Waals surface area (Å²) in [6, 6.07) is 7.70. The molecule has 0 radical (unpaired) electrons. The second-order valence-electron chi connectivity index (χ2n) is 11.3. The number of carbonyl (C=O) groups excluding carboxylic acids is 1. The number of phenolic OH excluding ortho intramolecular Hbond substituents is 5. The fraction of sp³-hybridized carbons (Fsp3) is 0.387. The number of ether oxygens (including phenoxy) is 5. The molecule has 0 aliphatic carbocycles. The zero-order valence-corrected chi connectivity index (χ0v) is 24.0. The molecule has 3 aromatic carbocycles. The number of hydrogen-bond donors (Lipinski definition) is 8. The van der Waals surface area contributed by atoms with Crippen molar-refractivity contribution in [2.75, 3.05) is 7.11 Å². The topological polar surface area (TPSA) is 225 Å². The van der Waals surface area contributed by atoms with Gasteiger partial charge in [-0.15, -0.1) is 0 Å². The summed E-state index contributed by atoms with van der Waals surface area (Å²) in [5.74, 6) is -3.18. The lowest BCUT2D eigenvalue weighted by Crippen LogP contribution is -2.58. The summed E-state index contributed by atoms with van der Waals surface area (Å²) in [4.78, 5) is 12.6. The van der Waals surface area contributed by atoms with E-state index in [1.165, 1.54) is 50.4 Å². The van der Waals surface area contributed by atoms with Gasteiger partial charge in [-0.2, -0.15) is 0 Å². The van der Waals surface area contributed by atoms with Gasteiger partial charge in [0.2, 0.25) is 0 Å². The van der Waals surface area contributed by atoms with Crippen LogP contribution >= 0.6 is 0 Å². The minimum absolute atomic E-state index is 0.0843. The smallest absolute Gasteiger partial charge is 0.306 e. The van der Waals surface area contributed by atoms with Crippen LogP contribution in [0.1, 0.15) is 47.6 Å². The van der Waals surface area contributed by atoms with Gasteiger partial charge in [-0.05, 0) is 30.7 Å². The molecule has 0 amide bonds. The summed E-state index contributed by atoms with van der Waals surface area (Å²) in [5, 5.41) is 83.0. The normalized spacial score (nSPS) is 28.6. The van der Waals surface area contributed by atoms with Crippen molar-refractivity contribution >= 4 is 5.97 Å². The van der Waals surface area contributed by atoms with Crippen molar-refractivity contribution in [3.63, 3.8) is 0 Å². The number of aliphatic hydroxyl groups is 3. The molecule has 0 aromatic heterocycles. The molecule has 3 heterocycles. The first-order valence-electron chi connectivity index (χ1n) is 14.1. The average Bonchev–Trinajstić information content (AvgIpc) is 3.00. The number of hydrogen-bond acceptors (Lipinski definition) is 14. The van der Waals surface area contributed by atoms with Crippen LogP contribution in [0.2, 0.25) is 0 Å². The van der Waals surface area contributed by atoms with Crippen LogP contribution in [0.25, 0.3) is 0 Å². The van der Waals surface area contributed by atoms with Crippen LogP contribution in [0.5, 0.6) is 46.0 Å². The fourth-order valence-electron chi connectivity index (χ4n) is 6.03. The molecular weight excluding hydrogens is 596 g/mol. The highest BCUT2D eigenvalue weighted by atomic mass is 16.7. The summed E-state index contributed by atoms with van der Waals surface area (Å²) >= 11 is 0. The molecule has 14 heteroatoms. The Labute approximate surface area is 255 Å². The van der Waals surface area contributed by atoms with Crippen molar-refractivity contribution in [3.8, 4) is 46.0 Å². The first-order chi connectivity index (χ1) is 21.4. The molecule has 0 spiro atoms. The lowest BCUT2D eigenvalue weighted by molar-refractivity contribution is -0.310. The number of rotatable bonds is 5. The number of esters is 1. The van der Waals surface area contributed by atoms with Crippen molar-refractivity contribution < 1.29 is 69.3 Å². The van der Waals surface area contributed by atoms with Crippen molar-refractivity contribution in [2.24, 2.45) is 0 Å². The maximum Gasteiger partial charge on any atom is 0.306 e. The molecule has 8 N–H and O–H groups in total. The van der Waals surface area contributed by atoms with E-state index in [1.54, 1.807) is 0 Å². The van der Waals surface area contributed by atoms with E-state index in [0.717, 1.165) is 0 Å². The van der Waals surface area contributed by atoms with Crippen LogP contribution < -0.4 is 9.47 Å². The molecule has 6 rings (SSSR count). The van der Waals surface area contributed by atoms with Gasteiger partial charge in [0.05, 0.1) is 19.6 Å². The van der Waals surface area contributed by atoms with E-state index in [1.807, 2.05) is 0 Å². The van der Waals surface area contributed by atoms with Crippen molar-refractivity contribution in [1.29, 1.82) is 0 Å². The molecule has 0 saturated carbocycles. The highest BCUT2D eigenvalue weighted by molar-refractivity contribution is 5.75. The van der Waals surface area contributed by atoms with Gasteiger partial charge in [-0.25, -0.2) is 0 Å². The van der Waals surface area contributed by atoms with Crippen molar-refractivity contribution in [2.45, 2.75) is 68.6 Å². The average molecular weight is 629 g/mol. The SMILES string of the molecule is COC(=O)CC1c2cc(O)c(O)cc2Oc2cc(O)c3c(c21)OC(c1ccc(O)c(O)c1)C(OC1OC(C)C(O)C(O)C1O)C3. The Morgan fingerprint density at radius 3 is 2.27 bits per heavy atom. The van der Waals surface area contributed by atoms with E-state index >= 15 is 0 Å². The first-order valence-corrected chi connectivity index (χ1v) is 14.1. The Balaban J connectivity index is 1.48. The molecule has 240 valence electrons. The lowest BCUT2D eigenvalue weighted by Gasteiger charge is -2.43. The third kappa shape index (κ3) is 5.30. The summed E-state index contributed by atoms with van der Waals surface area (Å²) in [7, 11) is 1.22. The maximum absolute atomic E-state index is 12.6. The Morgan fingerprint density at radius 1 is 0.867 bits per heavy atom. The standard InChI is InChI=1S/C31H32O14/c1-11-26(38)27(39)28(40)31(42-11)44-23-7-15-17(33)9-22-25(30(15)45-29(23)12-3-4-16(32)18(34)5-12)14(8-24(37)41-2)13-6-19(35)20(36)10-21(13)43-22/h3-6,9-11,14,23,26-29,31-36,38-40H,7-8H2,1-2H3. The Bertz CT molecular complexity index is 1640. The van der Waals surface area contributed by atoms with Crippen LogP contribution in [-0.4, -0.2) is 90.7 Å². The van der Waals surface area contributed by atoms with Crippen molar-refractivity contribution in [1.82, 2.24) is 0 Å². The second-order valence-corrected chi connectivity index (χ2v) is 11.3.